The van der Waals surface area contributed by atoms with Gasteiger partial charge in [0.05, 0.1) is 13.5 Å². The van der Waals surface area contributed by atoms with Crippen LogP contribution in [0.5, 0.6) is 0 Å². The summed E-state index contributed by atoms with van der Waals surface area (Å²) in [4.78, 5) is 22.5. The van der Waals surface area contributed by atoms with E-state index in [9.17, 15) is 4.79 Å². The smallest absolute Gasteiger partial charge is 0.308 e. The monoisotopic (exact) mass is 378 g/mol. The Morgan fingerprint density at radius 3 is 2.41 bits per heavy atom. The van der Waals surface area contributed by atoms with Crippen molar-refractivity contribution >= 4 is 5.97 Å². The molecule has 1 heterocycles. The first-order valence-corrected chi connectivity index (χ1v) is 10.3. The van der Waals surface area contributed by atoms with Crippen LogP contribution in [0.4, 0.5) is 0 Å². The minimum Gasteiger partial charge on any atom is -0.469 e. The lowest BCUT2D eigenvalue weighted by Gasteiger charge is -2.22. The van der Waals surface area contributed by atoms with Crippen molar-refractivity contribution in [2.45, 2.75) is 96.2 Å². The molecule has 4 heteroatoms. The van der Waals surface area contributed by atoms with Crippen LogP contribution >= 0.6 is 0 Å². The highest BCUT2D eigenvalue weighted by molar-refractivity contribution is 5.70. The van der Waals surface area contributed by atoms with E-state index >= 15 is 0 Å². The molecule has 1 saturated heterocycles. The van der Waals surface area contributed by atoms with Gasteiger partial charge >= 0.3 is 5.97 Å². The maximum atomic E-state index is 11.5. The van der Waals surface area contributed by atoms with E-state index in [0.717, 1.165) is 38.5 Å². The number of unbranched alkanes of at least 4 members (excludes halogenated alkanes) is 4. The van der Waals surface area contributed by atoms with Crippen molar-refractivity contribution in [1.29, 1.82) is 0 Å². The zero-order valence-corrected chi connectivity index (χ0v) is 17.7. The van der Waals surface area contributed by atoms with Gasteiger partial charge in [-0.3, -0.25) is 4.79 Å². The number of carbonyl (C=O) groups excluding carboxylic acids is 1. The molecule has 0 spiro atoms. The van der Waals surface area contributed by atoms with E-state index in [2.05, 4.69) is 50.3 Å². The van der Waals surface area contributed by atoms with E-state index in [-0.39, 0.29) is 18.0 Å². The van der Waals surface area contributed by atoms with Crippen LogP contribution in [0.2, 0.25) is 0 Å². The summed E-state index contributed by atoms with van der Waals surface area (Å²) in [5, 5.41) is 0. The highest BCUT2D eigenvalue weighted by Gasteiger charge is 2.47. The number of hydrogen-bond acceptors (Lipinski definition) is 4. The number of rotatable bonds is 13. The molecule has 4 nitrogen and oxygen atoms in total. The summed E-state index contributed by atoms with van der Waals surface area (Å²) in [7, 11) is 1.40. The van der Waals surface area contributed by atoms with Gasteiger partial charge in [-0.2, -0.15) is 0 Å². The molecule has 0 aromatic heterocycles. The van der Waals surface area contributed by atoms with Crippen LogP contribution in [-0.2, 0) is 19.3 Å². The number of methoxy groups -OCH3 is 1. The van der Waals surface area contributed by atoms with E-state index in [1.807, 2.05) is 6.92 Å². The molecule has 0 amide bonds. The maximum absolute atomic E-state index is 11.5. The van der Waals surface area contributed by atoms with Crippen LogP contribution in [-0.4, -0.2) is 24.3 Å². The van der Waals surface area contributed by atoms with Crippen molar-refractivity contribution in [2.24, 2.45) is 0 Å². The summed E-state index contributed by atoms with van der Waals surface area (Å²) in [6.07, 6.45) is 23.0. The van der Waals surface area contributed by atoms with Crippen molar-refractivity contribution in [1.82, 2.24) is 0 Å². The Morgan fingerprint density at radius 2 is 1.67 bits per heavy atom. The average molecular weight is 379 g/mol. The molecule has 154 valence electrons. The second kappa shape index (κ2) is 12.9. The van der Waals surface area contributed by atoms with Gasteiger partial charge in [-0.25, -0.2) is 9.78 Å². The lowest BCUT2D eigenvalue weighted by atomic mass is 9.85. The summed E-state index contributed by atoms with van der Waals surface area (Å²) in [6, 6.07) is 0. The molecule has 0 aliphatic carbocycles. The van der Waals surface area contributed by atoms with Crippen molar-refractivity contribution < 1.29 is 19.3 Å². The van der Waals surface area contributed by atoms with Crippen LogP contribution in [0.1, 0.15) is 85.0 Å². The Bertz CT molecular complexity index is 509. The molecule has 0 radical (unpaired) electrons. The molecule has 2 atom stereocenters. The predicted molar refractivity (Wildman–Crippen MR) is 110 cm³/mol. The van der Waals surface area contributed by atoms with Crippen molar-refractivity contribution in [2.75, 3.05) is 7.11 Å². The van der Waals surface area contributed by atoms with E-state index in [1.54, 1.807) is 0 Å². The lowest BCUT2D eigenvalue weighted by molar-refractivity contribution is -0.345. The number of allylic oxidation sites excluding steroid dienone is 6. The molecule has 0 bridgehead atoms. The predicted octanol–water partition coefficient (Wildman–Crippen LogP) is 6.23. The van der Waals surface area contributed by atoms with Gasteiger partial charge in [0.1, 0.15) is 11.2 Å². The fourth-order valence-electron chi connectivity index (χ4n) is 3.44. The van der Waals surface area contributed by atoms with Gasteiger partial charge < -0.3 is 4.74 Å². The summed E-state index contributed by atoms with van der Waals surface area (Å²) in [5.41, 5.74) is -0.883. The third-order valence-corrected chi connectivity index (χ3v) is 4.82. The first kappa shape index (κ1) is 23.6. The van der Waals surface area contributed by atoms with Crippen LogP contribution in [0.15, 0.2) is 36.5 Å². The van der Waals surface area contributed by atoms with E-state index < -0.39 is 5.60 Å². The second-order valence-corrected chi connectivity index (χ2v) is 7.92. The maximum Gasteiger partial charge on any atom is 0.308 e. The number of carbonyl (C=O) groups is 1. The van der Waals surface area contributed by atoms with Gasteiger partial charge in [-0.1, -0.05) is 62.6 Å². The normalized spacial score (nSPS) is 25.9. The van der Waals surface area contributed by atoms with E-state index in [4.69, 9.17) is 14.5 Å². The minimum atomic E-state index is -0.577. The van der Waals surface area contributed by atoms with Crippen LogP contribution in [0.25, 0.3) is 0 Å². The second-order valence-electron chi connectivity index (χ2n) is 7.92. The molecule has 0 N–H and O–H groups in total. The quantitative estimate of drug-likeness (QED) is 0.125. The zero-order chi connectivity index (χ0) is 20.0. The Labute approximate surface area is 165 Å². The van der Waals surface area contributed by atoms with E-state index in [1.165, 1.54) is 26.4 Å². The molecule has 0 saturated carbocycles. The van der Waals surface area contributed by atoms with Gasteiger partial charge in [0.15, 0.2) is 0 Å². The molecule has 1 aliphatic heterocycles. The molecule has 1 fully saturated rings. The summed E-state index contributed by atoms with van der Waals surface area (Å²) < 4.78 is 4.74. The largest absolute Gasteiger partial charge is 0.469 e. The molecule has 0 aromatic carbocycles. The van der Waals surface area contributed by atoms with Crippen molar-refractivity contribution in [3.8, 4) is 0 Å². The van der Waals surface area contributed by atoms with Crippen LogP contribution in [0.3, 0.4) is 0 Å². The highest BCUT2D eigenvalue weighted by atomic mass is 17.2. The molecule has 2 unspecified atom stereocenters. The molecular weight excluding hydrogens is 340 g/mol. The summed E-state index contributed by atoms with van der Waals surface area (Å²) in [6.45, 7) is 6.13. The number of hydrogen-bond donors (Lipinski definition) is 0. The fourth-order valence-corrected chi connectivity index (χ4v) is 3.44. The Balaban J connectivity index is 2.09. The first-order chi connectivity index (χ1) is 12.9. The third kappa shape index (κ3) is 10.5. The van der Waals surface area contributed by atoms with Gasteiger partial charge in [0.25, 0.3) is 0 Å². The van der Waals surface area contributed by atoms with Gasteiger partial charge in [-0.05, 0) is 46.0 Å². The summed E-state index contributed by atoms with van der Waals surface area (Å²) in [5.74, 6) is -0.259. The van der Waals surface area contributed by atoms with Gasteiger partial charge in [0.2, 0.25) is 0 Å². The lowest BCUT2D eigenvalue weighted by Crippen LogP contribution is -2.31. The SMILES string of the molecule is CCC=CCC=CC=CCCCCCCC1(C)CC(C)(CC(=O)OC)OO1. The number of esters is 1. The fraction of sp³-hybridized carbons (Fsp3) is 0.696. The zero-order valence-electron chi connectivity index (χ0n) is 17.7. The molecule has 1 aliphatic rings. The standard InChI is InChI=1S/C23H38O4/c1-5-6-7-8-9-10-11-12-13-14-15-16-17-18-22(2)20-23(3,27-26-22)19-21(24)25-4/h6-7,9-12H,5,8,13-20H2,1-4H3. The Kier molecular flexibility index (Phi) is 11.3. The summed E-state index contributed by atoms with van der Waals surface area (Å²) >= 11 is 0. The third-order valence-electron chi connectivity index (χ3n) is 4.82. The molecule has 1 rings (SSSR count). The van der Waals surface area contributed by atoms with Crippen LogP contribution < -0.4 is 0 Å². The molecule has 27 heavy (non-hydrogen) atoms. The number of ether oxygens (including phenoxy) is 1. The first-order valence-electron chi connectivity index (χ1n) is 10.3. The Morgan fingerprint density at radius 1 is 0.963 bits per heavy atom. The van der Waals surface area contributed by atoms with Crippen molar-refractivity contribution in [3.63, 3.8) is 0 Å². The highest BCUT2D eigenvalue weighted by Crippen LogP contribution is 2.41. The van der Waals surface area contributed by atoms with Gasteiger partial charge in [0, 0.05) is 6.42 Å². The molecular formula is C23H38O4. The van der Waals surface area contributed by atoms with E-state index in [0.29, 0.717) is 0 Å². The Hall–Kier alpha value is -1.39. The van der Waals surface area contributed by atoms with Gasteiger partial charge in [-0.15, -0.1) is 0 Å². The average Bonchev–Trinajstić information content (AvgIpc) is 2.93. The minimum absolute atomic E-state index is 0.231. The van der Waals surface area contributed by atoms with Crippen LogP contribution in [0, 0.1) is 0 Å². The topological polar surface area (TPSA) is 44.8 Å². The van der Waals surface area contributed by atoms with Crippen molar-refractivity contribution in [3.05, 3.63) is 36.5 Å². The molecule has 0 aromatic rings.